The Morgan fingerprint density at radius 2 is 2.00 bits per heavy atom. The number of carbonyl (C=O) groups is 2. The second kappa shape index (κ2) is 7.97. The minimum absolute atomic E-state index is 0.133. The van der Waals surface area contributed by atoms with Crippen molar-refractivity contribution in [3.8, 4) is 10.4 Å². The lowest BCUT2D eigenvalue weighted by Gasteiger charge is -2.28. The molecule has 2 amide bonds. The third kappa shape index (κ3) is 4.14. The van der Waals surface area contributed by atoms with Gasteiger partial charge in [0.15, 0.2) is 5.54 Å². The van der Waals surface area contributed by atoms with E-state index in [0.717, 1.165) is 21.7 Å². The number of likely N-dealkylation sites (tertiary alicyclic amines) is 1. The molecule has 1 aromatic carbocycles. The standard InChI is InChI=1S/C23H28N4O4S/c1-13-18(32-12-24-13)14-6-8-15(9-7-14)23(5)20(29)25-19(26-23)17-10-16(28)11-27(17)21(30)31-22(2,3)4/h6-9,12,16-17,28H,10-11H2,1-5H3,(H,25,26,29)/t16-,17?,23?/m1/s1. The molecule has 3 atom stereocenters. The highest BCUT2D eigenvalue weighted by molar-refractivity contribution is 7.13. The number of aromatic nitrogens is 1. The molecule has 2 aliphatic rings. The number of hydrogen-bond donors (Lipinski definition) is 2. The van der Waals surface area contributed by atoms with Gasteiger partial charge in [0, 0.05) is 6.42 Å². The van der Waals surface area contributed by atoms with Gasteiger partial charge >= 0.3 is 6.09 Å². The van der Waals surface area contributed by atoms with Gasteiger partial charge in [0.25, 0.3) is 5.91 Å². The Morgan fingerprint density at radius 3 is 2.59 bits per heavy atom. The molecule has 170 valence electrons. The number of ether oxygens (including phenoxy) is 1. The van der Waals surface area contributed by atoms with E-state index < -0.39 is 29.4 Å². The Hall–Kier alpha value is -2.78. The number of thiazole rings is 1. The van der Waals surface area contributed by atoms with Gasteiger partial charge in [-0.15, -0.1) is 11.3 Å². The lowest BCUT2D eigenvalue weighted by molar-refractivity contribution is -0.123. The highest BCUT2D eigenvalue weighted by Crippen LogP contribution is 2.35. The minimum Gasteiger partial charge on any atom is -0.444 e. The molecule has 32 heavy (non-hydrogen) atoms. The van der Waals surface area contributed by atoms with Crippen LogP contribution >= 0.6 is 11.3 Å². The number of aliphatic hydroxyl groups is 1. The van der Waals surface area contributed by atoms with Gasteiger partial charge in [-0.05, 0) is 45.7 Å². The summed E-state index contributed by atoms with van der Waals surface area (Å²) in [5, 5.41) is 13.1. The van der Waals surface area contributed by atoms with Gasteiger partial charge in [0.05, 0.1) is 34.8 Å². The number of β-amino-alcohol motifs (C(OH)–C–C–N with tert-alkyl or cyclic N) is 1. The van der Waals surface area contributed by atoms with Crippen LogP contribution in [0, 0.1) is 6.92 Å². The molecule has 0 saturated carbocycles. The maximum Gasteiger partial charge on any atom is 0.411 e. The summed E-state index contributed by atoms with van der Waals surface area (Å²) in [7, 11) is 0. The lowest BCUT2D eigenvalue weighted by Crippen LogP contribution is -2.47. The van der Waals surface area contributed by atoms with Crippen molar-refractivity contribution >= 4 is 29.2 Å². The Labute approximate surface area is 191 Å². The SMILES string of the molecule is Cc1ncsc1-c1ccc(C2(C)N=C(C3C[C@@H](O)CN3C(=O)OC(C)(C)C)NC2=O)cc1. The predicted molar refractivity (Wildman–Crippen MR) is 123 cm³/mol. The zero-order chi connectivity index (χ0) is 23.3. The van der Waals surface area contributed by atoms with E-state index in [1.165, 1.54) is 4.90 Å². The highest BCUT2D eigenvalue weighted by Gasteiger charge is 2.47. The molecule has 1 fully saturated rings. The smallest absolute Gasteiger partial charge is 0.411 e. The number of aliphatic imine (C=N–C) groups is 1. The zero-order valence-corrected chi connectivity index (χ0v) is 19.7. The number of aliphatic hydroxyl groups excluding tert-OH is 1. The summed E-state index contributed by atoms with van der Waals surface area (Å²) in [6.45, 7) is 9.22. The Bertz CT molecular complexity index is 1070. The summed E-state index contributed by atoms with van der Waals surface area (Å²) in [5.41, 5.74) is 2.78. The van der Waals surface area contributed by atoms with E-state index in [1.807, 2.05) is 36.7 Å². The number of rotatable bonds is 3. The molecule has 2 unspecified atom stereocenters. The molecule has 1 saturated heterocycles. The third-order valence-corrected chi connectivity index (χ3v) is 6.68. The van der Waals surface area contributed by atoms with Gasteiger partial charge in [0.2, 0.25) is 0 Å². The van der Waals surface area contributed by atoms with Crippen LogP contribution in [0.15, 0.2) is 34.8 Å². The normalized spacial score (nSPS) is 25.6. The maximum atomic E-state index is 13.0. The largest absolute Gasteiger partial charge is 0.444 e. The number of nitrogens with one attached hydrogen (secondary N) is 1. The zero-order valence-electron chi connectivity index (χ0n) is 18.9. The second-order valence-corrected chi connectivity index (χ2v) is 10.3. The Morgan fingerprint density at radius 1 is 1.31 bits per heavy atom. The fraction of sp³-hybridized carbons (Fsp3) is 0.478. The van der Waals surface area contributed by atoms with Crippen LogP contribution in [0.2, 0.25) is 0 Å². The van der Waals surface area contributed by atoms with Crippen molar-refractivity contribution in [2.45, 2.75) is 64.3 Å². The quantitative estimate of drug-likeness (QED) is 0.738. The van der Waals surface area contributed by atoms with Gasteiger partial charge in [-0.3, -0.25) is 9.69 Å². The van der Waals surface area contributed by atoms with Crippen molar-refractivity contribution < 1.29 is 19.4 Å². The molecule has 0 radical (unpaired) electrons. The van der Waals surface area contributed by atoms with E-state index in [2.05, 4.69) is 10.3 Å². The molecule has 0 aliphatic carbocycles. The van der Waals surface area contributed by atoms with E-state index in [-0.39, 0.29) is 18.9 Å². The van der Waals surface area contributed by atoms with Gasteiger partial charge in [-0.25, -0.2) is 14.8 Å². The monoisotopic (exact) mass is 456 g/mol. The Balaban J connectivity index is 1.60. The van der Waals surface area contributed by atoms with Crippen molar-refractivity contribution in [2.75, 3.05) is 6.54 Å². The number of hydrogen-bond acceptors (Lipinski definition) is 7. The first kappa shape index (κ1) is 22.4. The molecule has 0 spiro atoms. The van der Waals surface area contributed by atoms with Crippen LogP contribution in [0.5, 0.6) is 0 Å². The van der Waals surface area contributed by atoms with Gasteiger partial charge in [-0.2, -0.15) is 0 Å². The van der Waals surface area contributed by atoms with Crippen LogP contribution in [-0.4, -0.2) is 57.1 Å². The third-order valence-electron chi connectivity index (χ3n) is 5.71. The predicted octanol–water partition coefficient (Wildman–Crippen LogP) is 3.23. The first-order valence-corrected chi connectivity index (χ1v) is 11.5. The molecule has 2 aromatic rings. The molecule has 8 nitrogen and oxygen atoms in total. The van der Waals surface area contributed by atoms with Crippen molar-refractivity contribution in [1.82, 2.24) is 15.2 Å². The molecular formula is C23H28N4O4S. The molecule has 9 heteroatoms. The summed E-state index contributed by atoms with van der Waals surface area (Å²) in [5.74, 6) is 0.113. The average Bonchev–Trinajstić information content (AvgIpc) is 3.39. The lowest BCUT2D eigenvalue weighted by atomic mass is 9.91. The summed E-state index contributed by atoms with van der Waals surface area (Å²) in [6, 6.07) is 7.18. The maximum absolute atomic E-state index is 13.0. The number of benzene rings is 1. The summed E-state index contributed by atoms with van der Waals surface area (Å²) in [6.07, 6.45) is -0.951. The number of amides is 2. The molecule has 2 aliphatic heterocycles. The first-order valence-electron chi connectivity index (χ1n) is 10.6. The molecule has 0 bridgehead atoms. The Kier molecular flexibility index (Phi) is 5.58. The van der Waals surface area contributed by atoms with E-state index in [4.69, 9.17) is 9.73 Å². The van der Waals surface area contributed by atoms with Crippen LogP contribution in [0.1, 0.15) is 45.4 Å². The number of aryl methyl sites for hydroxylation is 1. The van der Waals surface area contributed by atoms with Gasteiger partial charge in [0.1, 0.15) is 11.4 Å². The van der Waals surface area contributed by atoms with E-state index in [1.54, 1.807) is 39.0 Å². The molecule has 3 heterocycles. The number of carbonyl (C=O) groups excluding carboxylic acids is 2. The molecular weight excluding hydrogens is 428 g/mol. The fourth-order valence-corrected chi connectivity index (χ4v) is 4.84. The molecule has 1 aromatic heterocycles. The highest BCUT2D eigenvalue weighted by atomic mass is 32.1. The topological polar surface area (TPSA) is 104 Å². The number of amidine groups is 1. The van der Waals surface area contributed by atoms with Crippen LogP contribution in [0.4, 0.5) is 4.79 Å². The van der Waals surface area contributed by atoms with Crippen LogP contribution in [-0.2, 0) is 15.1 Å². The van der Waals surface area contributed by atoms with E-state index in [0.29, 0.717) is 5.84 Å². The van der Waals surface area contributed by atoms with Crippen molar-refractivity contribution in [2.24, 2.45) is 4.99 Å². The van der Waals surface area contributed by atoms with Crippen LogP contribution in [0.3, 0.4) is 0 Å². The van der Waals surface area contributed by atoms with Gasteiger partial charge < -0.3 is 15.2 Å². The van der Waals surface area contributed by atoms with E-state index in [9.17, 15) is 14.7 Å². The summed E-state index contributed by atoms with van der Waals surface area (Å²) >= 11 is 1.57. The first-order chi connectivity index (χ1) is 15.0. The molecule has 4 rings (SSSR count). The van der Waals surface area contributed by atoms with Crippen molar-refractivity contribution in [3.63, 3.8) is 0 Å². The summed E-state index contributed by atoms with van der Waals surface area (Å²) < 4.78 is 5.49. The van der Waals surface area contributed by atoms with Crippen molar-refractivity contribution in [3.05, 3.63) is 41.0 Å². The minimum atomic E-state index is -1.12. The van der Waals surface area contributed by atoms with Crippen LogP contribution in [0.25, 0.3) is 10.4 Å². The van der Waals surface area contributed by atoms with Crippen LogP contribution < -0.4 is 5.32 Å². The molecule has 2 N–H and O–H groups in total. The van der Waals surface area contributed by atoms with E-state index >= 15 is 0 Å². The number of nitrogens with zero attached hydrogens (tertiary/aromatic N) is 3. The summed E-state index contributed by atoms with van der Waals surface area (Å²) in [4.78, 5) is 37.2. The van der Waals surface area contributed by atoms with Crippen molar-refractivity contribution in [1.29, 1.82) is 0 Å². The fourth-order valence-electron chi connectivity index (χ4n) is 4.03. The van der Waals surface area contributed by atoms with Gasteiger partial charge in [-0.1, -0.05) is 24.3 Å². The second-order valence-electron chi connectivity index (χ2n) is 9.41. The average molecular weight is 457 g/mol.